The molecule has 0 aliphatic carbocycles. The topological polar surface area (TPSA) is 142 Å². The summed E-state index contributed by atoms with van der Waals surface area (Å²) in [4.78, 5) is 9.20. The van der Waals surface area contributed by atoms with Gasteiger partial charge in [-0.1, -0.05) is 30.3 Å². The second-order valence-electron chi connectivity index (χ2n) is 7.28. The minimum Gasteiger partial charge on any atom is -0.475 e. The second-order valence-corrected chi connectivity index (χ2v) is 11.3. The van der Waals surface area contributed by atoms with E-state index >= 15 is 0 Å². The van der Waals surface area contributed by atoms with Crippen LogP contribution in [0.15, 0.2) is 68.6 Å². The Morgan fingerprint density at radius 2 is 1.55 bits per heavy atom. The predicted molar refractivity (Wildman–Crippen MR) is 129 cm³/mol. The number of benzene rings is 2. The average Bonchev–Trinajstić information content (AvgIpc) is 3.29. The van der Waals surface area contributed by atoms with Crippen LogP contribution in [0.5, 0.6) is 0 Å². The van der Waals surface area contributed by atoms with Crippen LogP contribution in [-0.2, 0) is 14.6 Å². The Bertz CT molecular complexity index is 1440. The number of rotatable bonds is 6. The highest BCUT2D eigenvalue weighted by atomic mass is 32.2. The van der Waals surface area contributed by atoms with Crippen LogP contribution in [0, 0.1) is 5.41 Å². The molecule has 3 rings (SSSR count). The van der Waals surface area contributed by atoms with E-state index in [1.807, 2.05) is 0 Å². The van der Waals surface area contributed by atoms with Gasteiger partial charge in [0.25, 0.3) is 0 Å². The van der Waals surface area contributed by atoms with Crippen LogP contribution in [0.25, 0.3) is 11.1 Å². The molecule has 0 aliphatic rings. The molecule has 1 aromatic heterocycles. The number of nitrogen functional groups attached to an aromatic ring is 1. The van der Waals surface area contributed by atoms with Crippen molar-refractivity contribution in [2.24, 2.45) is 5.73 Å². The van der Waals surface area contributed by atoms with E-state index in [0.29, 0.717) is 20.2 Å². The van der Waals surface area contributed by atoms with Crippen molar-refractivity contribution in [3.05, 3.63) is 65.0 Å². The van der Waals surface area contributed by atoms with Crippen LogP contribution in [0.1, 0.15) is 16.5 Å². The highest BCUT2D eigenvalue weighted by Crippen LogP contribution is 2.38. The fourth-order valence-corrected chi connectivity index (χ4v) is 6.77. The van der Waals surface area contributed by atoms with Crippen LogP contribution in [0.3, 0.4) is 0 Å². The fraction of sp³-hybridized carbons (Fsp3) is 0.182. The molecule has 3 aromatic rings. The monoisotopic (exact) mass is 600 g/mol. The molecule has 38 heavy (non-hydrogen) atoms. The smallest absolute Gasteiger partial charge is 0.475 e. The molecule has 0 saturated carbocycles. The Morgan fingerprint density at radius 1 is 1.03 bits per heavy atom. The SMILES string of the molecule is CSc1sc(C(=N)N)cc1S(=O)(=O)c1cccc(-c2cccc(C(O)C(F)(F)F)c2)c1.O=C(O)C(F)(F)F. The van der Waals surface area contributed by atoms with Crippen molar-refractivity contribution in [2.45, 2.75) is 32.5 Å². The molecule has 0 radical (unpaired) electrons. The van der Waals surface area contributed by atoms with Crippen molar-refractivity contribution < 1.29 is 49.8 Å². The number of carbonyl (C=O) groups is 1. The van der Waals surface area contributed by atoms with Crippen molar-refractivity contribution in [3.63, 3.8) is 0 Å². The maximum Gasteiger partial charge on any atom is 0.490 e. The number of nitrogens with one attached hydrogen (secondary N) is 1. The van der Waals surface area contributed by atoms with Gasteiger partial charge in [0.1, 0.15) is 5.84 Å². The number of aliphatic hydroxyl groups is 1. The van der Waals surface area contributed by atoms with Crippen molar-refractivity contribution in [2.75, 3.05) is 6.26 Å². The van der Waals surface area contributed by atoms with E-state index < -0.39 is 34.3 Å². The molecule has 0 spiro atoms. The van der Waals surface area contributed by atoms with Gasteiger partial charge >= 0.3 is 18.3 Å². The first-order valence-corrected chi connectivity index (χ1v) is 13.4. The molecule has 7 nitrogen and oxygen atoms in total. The maximum atomic E-state index is 13.2. The summed E-state index contributed by atoms with van der Waals surface area (Å²) < 4.78 is 97.2. The van der Waals surface area contributed by atoms with Gasteiger partial charge in [-0.15, -0.1) is 23.1 Å². The molecule has 1 heterocycles. The van der Waals surface area contributed by atoms with E-state index in [-0.39, 0.29) is 21.2 Å². The molecule has 0 bridgehead atoms. The second kappa shape index (κ2) is 11.8. The number of sulfone groups is 1. The van der Waals surface area contributed by atoms with Crippen LogP contribution < -0.4 is 5.73 Å². The van der Waals surface area contributed by atoms with Crippen molar-refractivity contribution >= 4 is 44.7 Å². The highest BCUT2D eigenvalue weighted by molar-refractivity contribution is 8.01. The number of carboxylic acids is 1. The normalized spacial score (nSPS) is 12.8. The fourth-order valence-electron chi connectivity index (χ4n) is 2.87. The lowest BCUT2D eigenvalue weighted by Crippen LogP contribution is -2.21. The quantitative estimate of drug-likeness (QED) is 0.127. The minimum atomic E-state index is -5.08. The third-order valence-electron chi connectivity index (χ3n) is 4.64. The molecule has 0 amide bonds. The molecule has 206 valence electrons. The largest absolute Gasteiger partial charge is 0.490 e. The summed E-state index contributed by atoms with van der Waals surface area (Å²) in [6, 6.07) is 12.4. The zero-order valence-corrected chi connectivity index (χ0v) is 21.4. The number of aliphatic hydroxyl groups excluding tert-OH is 1. The summed E-state index contributed by atoms with van der Waals surface area (Å²) in [5.74, 6) is -3.00. The average molecular weight is 601 g/mol. The summed E-state index contributed by atoms with van der Waals surface area (Å²) in [5, 5.41) is 24.2. The number of halogens is 6. The van der Waals surface area contributed by atoms with Crippen molar-refractivity contribution in [3.8, 4) is 11.1 Å². The summed E-state index contributed by atoms with van der Waals surface area (Å²) in [7, 11) is -3.97. The summed E-state index contributed by atoms with van der Waals surface area (Å²) in [5.41, 5.74) is 5.86. The Labute approximate surface area is 220 Å². The van der Waals surface area contributed by atoms with Gasteiger partial charge in [-0.3, -0.25) is 5.41 Å². The van der Waals surface area contributed by atoms with Gasteiger partial charge in [-0.25, -0.2) is 13.2 Å². The summed E-state index contributed by atoms with van der Waals surface area (Å²) >= 11 is 2.31. The van der Waals surface area contributed by atoms with Gasteiger partial charge in [0.15, 0.2) is 6.10 Å². The number of alkyl halides is 6. The molecular formula is C22H18F6N2O5S3. The number of hydrogen-bond acceptors (Lipinski definition) is 7. The predicted octanol–water partition coefficient (Wildman–Crippen LogP) is 5.48. The van der Waals surface area contributed by atoms with E-state index in [4.69, 9.17) is 21.0 Å². The standard InChI is InChI=1S/C20H17F3N2O3S3.C2HF3O2/c1-29-19-16(10-15(30-19)18(24)25)31(27,28)14-7-3-5-12(9-14)11-4-2-6-13(8-11)17(26)20(21,22)23;3-2(4,5)1(6)7/h2-10,17,26H,1H3,(H3,24,25);(H,6,7). The first-order valence-electron chi connectivity index (χ1n) is 9.92. The molecule has 2 aromatic carbocycles. The van der Waals surface area contributed by atoms with Gasteiger partial charge in [0.05, 0.1) is 18.9 Å². The number of nitrogens with two attached hydrogens (primary N) is 1. The van der Waals surface area contributed by atoms with E-state index in [0.717, 1.165) is 17.4 Å². The number of carboxylic acid groups (broad SMARTS) is 1. The van der Waals surface area contributed by atoms with Gasteiger partial charge < -0.3 is 15.9 Å². The molecule has 1 unspecified atom stereocenters. The zero-order valence-electron chi connectivity index (χ0n) is 19.0. The molecule has 5 N–H and O–H groups in total. The Kier molecular flexibility index (Phi) is 9.63. The van der Waals surface area contributed by atoms with Gasteiger partial charge in [-0.05, 0) is 47.2 Å². The van der Waals surface area contributed by atoms with Crippen LogP contribution in [0.2, 0.25) is 0 Å². The molecule has 16 heteroatoms. The number of hydrogen-bond donors (Lipinski definition) is 4. The van der Waals surface area contributed by atoms with Crippen LogP contribution in [-0.4, -0.2) is 49.0 Å². The lowest BCUT2D eigenvalue weighted by atomic mass is 10.0. The van der Waals surface area contributed by atoms with E-state index in [1.54, 1.807) is 12.3 Å². The Balaban J connectivity index is 0.000000638. The Hall–Kier alpha value is -3.08. The number of amidine groups is 1. The zero-order chi connectivity index (χ0) is 29.1. The van der Waals surface area contributed by atoms with Crippen LogP contribution >= 0.6 is 23.1 Å². The molecular weight excluding hydrogens is 582 g/mol. The number of thioether (sulfide) groups is 1. The highest BCUT2D eigenvalue weighted by Gasteiger charge is 2.39. The first-order chi connectivity index (χ1) is 17.4. The molecule has 0 saturated heterocycles. The summed E-state index contributed by atoms with van der Waals surface area (Å²) in [6.45, 7) is 0. The third kappa shape index (κ3) is 7.49. The minimum absolute atomic E-state index is 0.0218. The molecule has 0 aliphatic heterocycles. The maximum absolute atomic E-state index is 13.2. The molecule has 0 fully saturated rings. The van der Waals surface area contributed by atoms with E-state index in [9.17, 15) is 39.9 Å². The lowest BCUT2D eigenvalue weighted by Gasteiger charge is -2.16. The molecule has 1 atom stereocenters. The number of thiophene rings is 1. The van der Waals surface area contributed by atoms with Crippen LogP contribution in [0.4, 0.5) is 26.3 Å². The first kappa shape index (κ1) is 31.1. The third-order valence-corrected chi connectivity index (χ3v) is 8.98. The van der Waals surface area contributed by atoms with Crippen molar-refractivity contribution in [1.29, 1.82) is 5.41 Å². The summed E-state index contributed by atoms with van der Waals surface area (Å²) in [6.07, 6.45) is -10.8. The van der Waals surface area contributed by atoms with Gasteiger partial charge in [-0.2, -0.15) is 26.3 Å². The van der Waals surface area contributed by atoms with Crippen molar-refractivity contribution in [1.82, 2.24) is 0 Å². The van der Waals surface area contributed by atoms with Gasteiger partial charge in [0, 0.05) is 0 Å². The lowest BCUT2D eigenvalue weighted by molar-refractivity contribution is -0.206. The number of aliphatic carboxylic acids is 1. The van der Waals surface area contributed by atoms with E-state index in [1.165, 1.54) is 54.2 Å². The van der Waals surface area contributed by atoms with E-state index in [2.05, 4.69) is 0 Å². The van der Waals surface area contributed by atoms with Gasteiger partial charge in [0.2, 0.25) is 9.84 Å². The Morgan fingerprint density at radius 3 is 2.03 bits per heavy atom.